The van der Waals surface area contributed by atoms with Gasteiger partial charge in [-0.25, -0.2) is 8.78 Å². The first-order valence-corrected chi connectivity index (χ1v) is 6.12. The molecule has 0 unspecified atom stereocenters. The molecule has 112 valence electrons. The van der Waals surface area contributed by atoms with Gasteiger partial charge in [0, 0.05) is 5.56 Å². The molecule has 8 heteroatoms. The average molecular weight is 297 g/mol. The second-order valence-corrected chi connectivity index (χ2v) is 4.64. The van der Waals surface area contributed by atoms with Gasteiger partial charge >= 0.3 is 5.69 Å². The largest absolute Gasteiger partial charge is 0.386 e. The Kier molecular flexibility index (Phi) is 3.99. The number of aliphatic hydroxyl groups is 1. The van der Waals surface area contributed by atoms with E-state index in [-0.39, 0.29) is 29.2 Å². The quantitative estimate of drug-likeness (QED) is 0.694. The molecule has 0 radical (unpaired) electrons. The Morgan fingerprint density at radius 3 is 2.67 bits per heavy atom. The Morgan fingerprint density at radius 2 is 2.10 bits per heavy atom. The zero-order valence-corrected chi connectivity index (χ0v) is 11.4. The molecule has 2 aromatic rings. The molecule has 0 fully saturated rings. The van der Waals surface area contributed by atoms with Crippen molar-refractivity contribution in [1.82, 2.24) is 9.78 Å². The topological polar surface area (TPSA) is 81.2 Å². The summed E-state index contributed by atoms with van der Waals surface area (Å²) < 4.78 is 27.9. The van der Waals surface area contributed by atoms with Gasteiger partial charge in [-0.15, -0.1) is 0 Å². The number of rotatable bonds is 4. The molecule has 0 spiro atoms. The lowest BCUT2D eigenvalue weighted by molar-refractivity contribution is -0.386. The summed E-state index contributed by atoms with van der Waals surface area (Å²) in [6.45, 7) is 2.74. The van der Waals surface area contributed by atoms with Crippen LogP contribution in [0, 0.1) is 35.6 Å². The van der Waals surface area contributed by atoms with Gasteiger partial charge in [0.2, 0.25) is 0 Å². The first kappa shape index (κ1) is 15.0. The van der Waals surface area contributed by atoms with Crippen LogP contribution in [0.4, 0.5) is 14.5 Å². The van der Waals surface area contributed by atoms with Crippen LogP contribution < -0.4 is 0 Å². The number of aromatic nitrogens is 2. The van der Waals surface area contributed by atoms with E-state index < -0.39 is 22.7 Å². The summed E-state index contributed by atoms with van der Waals surface area (Å²) in [5, 5.41) is 24.8. The molecule has 2 rings (SSSR count). The van der Waals surface area contributed by atoms with E-state index in [0.717, 1.165) is 18.2 Å². The molecule has 0 amide bonds. The molecule has 0 saturated heterocycles. The number of aliphatic hydroxyl groups excluding tert-OH is 1. The van der Waals surface area contributed by atoms with Gasteiger partial charge in [-0.05, 0) is 32.0 Å². The molecule has 1 aromatic carbocycles. The number of hydrogen-bond acceptors (Lipinski definition) is 4. The zero-order chi connectivity index (χ0) is 15.7. The standard InChI is InChI=1S/C13H13F2N3O3/c1-7-13(18(20)21)8(2)17(16-7)6-12(19)10-5-9(14)3-4-11(10)15/h3-5,12,19H,6H2,1-2H3/t12-/m1/s1. The highest BCUT2D eigenvalue weighted by Crippen LogP contribution is 2.25. The lowest BCUT2D eigenvalue weighted by Gasteiger charge is -2.13. The molecule has 1 N–H and O–H groups in total. The summed E-state index contributed by atoms with van der Waals surface area (Å²) in [5.41, 5.74) is 0.0740. The molecule has 1 atom stereocenters. The van der Waals surface area contributed by atoms with Crippen LogP contribution in [0.3, 0.4) is 0 Å². The molecule has 6 nitrogen and oxygen atoms in total. The Hall–Kier alpha value is -2.35. The second kappa shape index (κ2) is 5.57. The minimum absolute atomic E-state index is 0.151. The van der Waals surface area contributed by atoms with E-state index in [1.54, 1.807) is 0 Å². The number of aryl methyl sites for hydroxylation is 1. The third kappa shape index (κ3) is 2.89. The van der Waals surface area contributed by atoms with E-state index >= 15 is 0 Å². The molecule has 0 bridgehead atoms. The molecule has 21 heavy (non-hydrogen) atoms. The molecular formula is C13H13F2N3O3. The highest BCUT2D eigenvalue weighted by atomic mass is 19.1. The van der Waals surface area contributed by atoms with E-state index in [1.165, 1.54) is 18.5 Å². The molecule has 0 aliphatic heterocycles. The van der Waals surface area contributed by atoms with Crippen LogP contribution in [-0.4, -0.2) is 19.8 Å². The second-order valence-electron chi connectivity index (χ2n) is 4.64. The van der Waals surface area contributed by atoms with Crippen molar-refractivity contribution in [3.8, 4) is 0 Å². The Morgan fingerprint density at radius 1 is 1.43 bits per heavy atom. The van der Waals surface area contributed by atoms with Crippen molar-refractivity contribution in [2.75, 3.05) is 0 Å². The average Bonchev–Trinajstić information content (AvgIpc) is 2.67. The molecule has 1 heterocycles. The third-order valence-corrected chi connectivity index (χ3v) is 3.19. The van der Waals surface area contributed by atoms with Crippen molar-refractivity contribution >= 4 is 5.69 Å². The summed E-state index contributed by atoms with van der Waals surface area (Å²) in [7, 11) is 0. The lowest BCUT2D eigenvalue weighted by Crippen LogP contribution is -2.13. The molecule has 0 aliphatic carbocycles. The normalized spacial score (nSPS) is 12.4. The van der Waals surface area contributed by atoms with Gasteiger partial charge in [0.1, 0.15) is 29.1 Å². The van der Waals surface area contributed by atoms with Crippen LogP contribution in [0.2, 0.25) is 0 Å². The summed E-state index contributed by atoms with van der Waals surface area (Å²) in [4.78, 5) is 10.3. The predicted molar refractivity (Wildman–Crippen MR) is 69.7 cm³/mol. The van der Waals surface area contributed by atoms with Crippen molar-refractivity contribution in [2.24, 2.45) is 0 Å². The number of benzene rings is 1. The van der Waals surface area contributed by atoms with Crippen molar-refractivity contribution < 1.29 is 18.8 Å². The molecule has 0 aliphatic rings. The van der Waals surface area contributed by atoms with Crippen molar-refractivity contribution in [3.63, 3.8) is 0 Å². The summed E-state index contributed by atoms with van der Waals surface area (Å²) in [6.07, 6.45) is -1.36. The van der Waals surface area contributed by atoms with Gasteiger partial charge in [0.25, 0.3) is 0 Å². The summed E-state index contributed by atoms with van der Waals surface area (Å²) in [6, 6.07) is 2.75. The highest BCUT2D eigenvalue weighted by Gasteiger charge is 2.24. The van der Waals surface area contributed by atoms with E-state index in [2.05, 4.69) is 5.10 Å². The Labute approximate surface area is 118 Å². The lowest BCUT2D eigenvalue weighted by atomic mass is 10.1. The SMILES string of the molecule is Cc1nn(C[C@@H](O)c2cc(F)ccc2F)c(C)c1[N+](=O)[O-]. The van der Waals surface area contributed by atoms with Crippen LogP contribution in [0.1, 0.15) is 23.1 Å². The van der Waals surface area contributed by atoms with Crippen LogP contribution in [0.15, 0.2) is 18.2 Å². The van der Waals surface area contributed by atoms with E-state index in [9.17, 15) is 24.0 Å². The van der Waals surface area contributed by atoms with Gasteiger partial charge in [-0.3, -0.25) is 14.8 Å². The van der Waals surface area contributed by atoms with Gasteiger partial charge in [-0.1, -0.05) is 0 Å². The molecule has 1 aromatic heterocycles. The summed E-state index contributed by atoms with van der Waals surface area (Å²) >= 11 is 0. The fourth-order valence-electron chi connectivity index (χ4n) is 2.16. The Balaban J connectivity index is 2.32. The number of halogens is 2. The predicted octanol–water partition coefficient (Wildman–Crippen LogP) is 2.42. The van der Waals surface area contributed by atoms with E-state index in [1.807, 2.05) is 0 Å². The minimum atomic E-state index is -1.36. The van der Waals surface area contributed by atoms with Gasteiger partial charge in [0.05, 0.1) is 11.5 Å². The van der Waals surface area contributed by atoms with Crippen LogP contribution >= 0.6 is 0 Å². The van der Waals surface area contributed by atoms with E-state index in [0.29, 0.717) is 0 Å². The van der Waals surface area contributed by atoms with Crippen molar-refractivity contribution in [2.45, 2.75) is 26.5 Å². The highest BCUT2D eigenvalue weighted by molar-refractivity contribution is 5.39. The first-order valence-electron chi connectivity index (χ1n) is 6.12. The smallest absolute Gasteiger partial charge is 0.312 e. The fraction of sp³-hybridized carbons (Fsp3) is 0.308. The minimum Gasteiger partial charge on any atom is -0.386 e. The maximum Gasteiger partial charge on any atom is 0.312 e. The Bertz CT molecular complexity index is 700. The number of hydrogen-bond donors (Lipinski definition) is 1. The van der Waals surface area contributed by atoms with Gasteiger partial charge < -0.3 is 5.11 Å². The van der Waals surface area contributed by atoms with Crippen LogP contribution in [0.25, 0.3) is 0 Å². The first-order chi connectivity index (χ1) is 9.81. The van der Waals surface area contributed by atoms with Crippen molar-refractivity contribution in [1.29, 1.82) is 0 Å². The zero-order valence-electron chi connectivity index (χ0n) is 11.4. The van der Waals surface area contributed by atoms with Crippen LogP contribution in [0.5, 0.6) is 0 Å². The van der Waals surface area contributed by atoms with Gasteiger partial charge in [0.15, 0.2) is 0 Å². The monoisotopic (exact) mass is 297 g/mol. The van der Waals surface area contributed by atoms with Crippen molar-refractivity contribution in [3.05, 3.63) is 56.9 Å². The van der Waals surface area contributed by atoms with E-state index in [4.69, 9.17) is 0 Å². The summed E-state index contributed by atoms with van der Waals surface area (Å²) in [5.74, 6) is -1.43. The molecular weight excluding hydrogens is 284 g/mol. The fourth-order valence-corrected chi connectivity index (χ4v) is 2.16. The number of nitrogens with zero attached hydrogens (tertiary/aromatic N) is 3. The molecule has 0 saturated carbocycles. The van der Waals surface area contributed by atoms with Crippen LogP contribution in [-0.2, 0) is 6.54 Å². The number of nitro groups is 1. The van der Waals surface area contributed by atoms with Gasteiger partial charge in [-0.2, -0.15) is 5.10 Å². The maximum atomic E-state index is 13.6. The third-order valence-electron chi connectivity index (χ3n) is 3.19. The maximum absolute atomic E-state index is 13.6.